The predicted molar refractivity (Wildman–Crippen MR) is 101 cm³/mol. The Hall–Kier alpha value is -1.05. The van der Waals surface area contributed by atoms with Gasteiger partial charge < -0.3 is 5.11 Å². The molecule has 0 radical (unpaired) electrons. The van der Waals surface area contributed by atoms with Crippen molar-refractivity contribution in [1.82, 2.24) is 4.98 Å². The Morgan fingerprint density at radius 2 is 0.783 bits per heavy atom. The fourth-order valence-corrected chi connectivity index (χ4v) is 3.08. The van der Waals surface area contributed by atoms with Gasteiger partial charge in [0.25, 0.3) is 0 Å². The summed E-state index contributed by atoms with van der Waals surface area (Å²) in [6.07, 6.45) is 0. The first-order valence-corrected chi connectivity index (χ1v) is 8.67. The Kier molecular flexibility index (Phi) is 4.78. The van der Waals surface area contributed by atoms with Crippen molar-refractivity contribution in [1.29, 1.82) is 0 Å². The summed E-state index contributed by atoms with van der Waals surface area (Å²) in [5, 5.41) is 11.3. The van der Waals surface area contributed by atoms with Gasteiger partial charge in [-0.2, -0.15) is 0 Å². The van der Waals surface area contributed by atoms with Crippen molar-refractivity contribution in [2.75, 3.05) is 0 Å². The van der Waals surface area contributed by atoms with Crippen molar-refractivity contribution in [2.24, 2.45) is 0 Å². The summed E-state index contributed by atoms with van der Waals surface area (Å²) in [4.78, 5) is 5.15. The van der Waals surface area contributed by atoms with E-state index >= 15 is 0 Å². The van der Waals surface area contributed by atoms with E-state index in [2.05, 4.69) is 83.1 Å². The minimum atomic E-state index is -0.157. The van der Waals surface area contributed by atoms with Crippen LogP contribution in [-0.4, -0.2) is 10.1 Å². The smallest absolute Gasteiger partial charge is 0.126 e. The number of aromatic hydroxyl groups is 1. The van der Waals surface area contributed by atoms with Crippen LogP contribution in [0, 0.1) is 0 Å². The molecule has 0 saturated carbocycles. The van der Waals surface area contributed by atoms with Crippen LogP contribution >= 0.6 is 0 Å². The van der Waals surface area contributed by atoms with Crippen molar-refractivity contribution >= 4 is 0 Å². The van der Waals surface area contributed by atoms with E-state index in [-0.39, 0.29) is 21.7 Å². The van der Waals surface area contributed by atoms with Crippen LogP contribution in [0.5, 0.6) is 5.75 Å². The number of nitrogens with zero attached hydrogens (tertiary/aromatic N) is 1. The van der Waals surface area contributed by atoms with Gasteiger partial charge in [0.2, 0.25) is 0 Å². The molecule has 23 heavy (non-hydrogen) atoms. The molecule has 0 saturated heterocycles. The van der Waals surface area contributed by atoms with Gasteiger partial charge in [0.1, 0.15) is 5.75 Å². The molecule has 0 aliphatic carbocycles. The third-order valence-electron chi connectivity index (χ3n) is 4.09. The maximum absolute atomic E-state index is 11.3. The quantitative estimate of drug-likeness (QED) is 0.638. The van der Waals surface area contributed by atoms with Crippen LogP contribution in [-0.2, 0) is 21.7 Å². The van der Waals surface area contributed by atoms with Crippen LogP contribution in [0.4, 0.5) is 0 Å². The maximum Gasteiger partial charge on any atom is 0.126 e. The molecule has 2 heteroatoms. The lowest BCUT2D eigenvalue weighted by atomic mass is 9.71. The Morgan fingerprint density at radius 3 is 0.957 bits per heavy atom. The molecule has 1 aromatic rings. The highest BCUT2D eigenvalue weighted by Gasteiger charge is 2.38. The normalized spacial score (nSPS) is 14.3. The minimum Gasteiger partial charge on any atom is -0.507 e. The molecule has 0 aromatic carbocycles. The molecular weight excluding hydrogens is 282 g/mol. The topological polar surface area (TPSA) is 33.1 Å². The first-order valence-electron chi connectivity index (χ1n) is 8.67. The zero-order chi connectivity index (χ0) is 18.6. The standard InChI is InChI=1S/C21H37NO/c1-18(2,3)13-15(23)14(19(4,5)6)17(21(10,11)12)22-16(13)20(7,8)9/h1-12H3,(H,22,23). The van der Waals surface area contributed by atoms with Gasteiger partial charge in [-0.3, -0.25) is 4.98 Å². The summed E-state index contributed by atoms with van der Waals surface area (Å²) in [5.74, 6) is 0.440. The van der Waals surface area contributed by atoms with E-state index in [0.717, 1.165) is 22.5 Å². The minimum absolute atomic E-state index is 0.115. The first-order chi connectivity index (χ1) is 9.88. The fraction of sp³-hybridized carbons (Fsp3) is 0.762. The molecule has 0 bridgehead atoms. The van der Waals surface area contributed by atoms with E-state index in [9.17, 15) is 5.11 Å². The first kappa shape index (κ1) is 20.0. The van der Waals surface area contributed by atoms with Crippen molar-refractivity contribution in [3.63, 3.8) is 0 Å². The van der Waals surface area contributed by atoms with E-state index in [1.807, 2.05) is 0 Å². The fourth-order valence-electron chi connectivity index (χ4n) is 3.08. The summed E-state index contributed by atoms with van der Waals surface area (Å²) in [6, 6.07) is 0. The Bertz CT molecular complexity index is 534. The summed E-state index contributed by atoms with van der Waals surface area (Å²) < 4.78 is 0. The van der Waals surface area contributed by atoms with Gasteiger partial charge in [-0.05, 0) is 10.8 Å². The molecule has 0 unspecified atom stereocenters. The Balaban J connectivity index is 4.09. The molecule has 0 fully saturated rings. The monoisotopic (exact) mass is 319 g/mol. The predicted octanol–water partition coefficient (Wildman–Crippen LogP) is 5.98. The van der Waals surface area contributed by atoms with Crippen molar-refractivity contribution in [3.8, 4) is 5.75 Å². The van der Waals surface area contributed by atoms with Gasteiger partial charge in [-0.15, -0.1) is 0 Å². The number of hydrogen-bond donors (Lipinski definition) is 1. The van der Waals surface area contributed by atoms with Gasteiger partial charge in [-0.1, -0.05) is 83.1 Å². The molecule has 1 rings (SSSR count). The molecule has 0 spiro atoms. The zero-order valence-corrected chi connectivity index (χ0v) is 17.4. The van der Waals surface area contributed by atoms with Gasteiger partial charge in [0.05, 0.1) is 11.4 Å². The van der Waals surface area contributed by atoms with E-state index in [1.165, 1.54) is 0 Å². The number of pyridine rings is 1. The summed E-state index contributed by atoms with van der Waals surface area (Å²) in [7, 11) is 0. The second-order valence-corrected chi connectivity index (χ2v) is 10.9. The second kappa shape index (κ2) is 5.50. The lowest BCUT2D eigenvalue weighted by Gasteiger charge is -2.37. The summed E-state index contributed by atoms with van der Waals surface area (Å²) in [5.41, 5.74) is 3.46. The lowest BCUT2D eigenvalue weighted by molar-refractivity contribution is 0.395. The highest BCUT2D eigenvalue weighted by Crippen LogP contribution is 2.47. The highest BCUT2D eigenvalue weighted by molar-refractivity contribution is 5.54. The molecule has 132 valence electrons. The van der Waals surface area contributed by atoms with Crippen molar-refractivity contribution in [3.05, 3.63) is 22.5 Å². The summed E-state index contributed by atoms with van der Waals surface area (Å²) >= 11 is 0. The van der Waals surface area contributed by atoms with Gasteiger partial charge in [0, 0.05) is 22.0 Å². The number of rotatable bonds is 0. The molecule has 2 nitrogen and oxygen atoms in total. The third-order valence-corrected chi connectivity index (χ3v) is 4.09. The van der Waals surface area contributed by atoms with Crippen LogP contribution in [0.25, 0.3) is 0 Å². The van der Waals surface area contributed by atoms with E-state index in [0.29, 0.717) is 5.75 Å². The molecule has 0 aliphatic heterocycles. The molecular formula is C21H37NO. The SMILES string of the molecule is CC(C)(C)c1nc(C(C)(C)C)c(C(C)(C)C)c(O)c1C(C)(C)C. The summed E-state index contributed by atoms with van der Waals surface area (Å²) in [6.45, 7) is 26.0. The Morgan fingerprint density at radius 1 is 0.522 bits per heavy atom. The van der Waals surface area contributed by atoms with Gasteiger partial charge >= 0.3 is 0 Å². The zero-order valence-electron chi connectivity index (χ0n) is 17.4. The highest BCUT2D eigenvalue weighted by atomic mass is 16.3. The van der Waals surface area contributed by atoms with Crippen molar-refractivity contribution < 1.29 is 5.11 Å². The van der Waals surface area contributed by atoms with Gasteiger partial charge in [-0.25, -0.2) is 0 Å². The number of hydrogen-bond acceptors (Lipinski definition) is 2. The van der Waals surface area contributed by atoms with E-state index < -0.39 is 0 Å². The molecule has 1 N–H and O–H groups in total. The van der Waals surface area contributed by atoms with Gasteiger partial charge in [0.15, 0.2) is 0 Å². The maximum atomic E-state index is 11.3. The van der Waals surface area contributed by atoms with E-state index in [4.69, 9.17) is 4.98 Å². The Labute approximate surface area is 143 Å². The van der Waals surface area contributed by atoms with Crippen LogP contribution in [0.3, 0.4) is 0 Å². The van der Waals surface area contributed by atoms with E-state index in [1.54, 1.807) is 0 Å². The molecule has 0 amide bonds. The molecule has 1 aromatic heterocycles. The number of aromatic nitrogens is 1. The van der Waals surface area contributed by atoms with Crippen LogP contribution in [0.2, 0.25) is 0 Å². The third kappa shape index (κ3) is 4.08. The van der Waals surface area contributed by atoms with Crippen LogP contribution < -0.4 is 0 Å². The lowest BCUT2D eigenvalue weighted by Crippen LogP contribution is -2.31. The molecule has 1 heterocycles. The molecule has 0 aliphatic rings. The largest absolute Gasteiger partial charge is 0.507 e. The van der Waals surface area contributed by atoms with Crippen LogP contribution in [0.1, 0.15) is 106 Å². The second-order valence-electron chi connectivity index (χ2n) is 10.9. The molecule has 0 atom stereocenters. The van der Waals surface area contributed by atoms with Crippen molar-refractivity contribution in [2.45, 2.75) is 105 Å². The average Bonchev–Trinajstić information content (AvgIpc) is 2.20. The average molecular weight is 320 g/mol. The van der Waals surface area contributed by atoms with Crippen LogP contribution in [0.15, 0.2) is 0 Å².